The molecule has 2 rings (SSSR count). The van der Waals surface area contributed by atoms with Crippen molar-refractivity contribution in [1.82, 2.24) is 24.2 Å². The van der Waals surface area contributed by atoms with Crippen molar-refractivity contribution in [3.63, 3.8) is 0 Å². The standard InChI is InChI=1S/C10H18BrN5O2S/c1-8(2)15-4-6-16(7-5-15)19(17,18)10-9(11)12-13-14(10)3/h8H,4-7H2,1-3H3. The molecule has 1 aliphatic rings. The SMILES string of the molecule is CC(C)N1CCN(S(=O)(=O)c2c(Br)nnn2C)CC1. The van der Waals surface area contributed by atoms with Crippen LogP contribution in [0, 0.1) is 0 Å². The molecule has 1 aromatic heterocycles. The van der Waals surface area contributed by atoms with Gasteiger partial charge in [-0.2, -0.15) is 4.31 Å². The molecular weight excluding hydrogens is 334 g/mol. The molecule has 1 saturated heterocycles. The summed E-state index contributed by atoms with van der Waals surface area (Å²) in [5.41, 5.74) is 0. The third kappa shape index (κ3) is 2.83. The van der Waals surface area contributed by atoms with Gasteiger partial charge in [0.2, 0.25) is 5.03 Å². The zero-order valence-electron chi connectivity index (χ0n) is 11.2. The van der Waals surface area contributed by atoms with E-state index in [0.717, 1.165) is 13.1 Å². The van der Waals surface area contributed by atoms with Crippen LogP contribution in [0.5, 0.6) is 0 Å². The van der Waals surface area contributed by atoms with Crippen molar-refractivity contribution in [2.75, 3.05) is 26.2 Å². The van der Waals surface area contributed by atoms with E-state index in [4.69, 9.17) is 0 Å². The lowest BCUT2D eigenvalue weighted by atomic mass is 10.3. The number of sulfonamides is 1. The highest BCUT2D eigenvalue weighted by atomic mass is 79.9. The zero-order chi connectivity index (χ0) is 14.2. The lowest BCUT2D eigenvalue weighted by Crippen LogP contribution is -2.50. The summed E-state index contributed by atoms with van der Waals surface area (Å²) in [6.07, 6.45) is 0. The summed E-state index contributed by atoms with van der Waals surface area (Å²) in [5, 5.41) is 7.57. The van der Waals surface area contributed by atoms with Crippen LogP contribution >= 0.6 is 15.9 Å². The monoisotopic (exact) mass is 351 g/mol. The predicted octanol–water partition coefficient (Wildman–Crippen LogP) is 0.292. The molecule has 0 spiro atoms. The van der Waals surface area contributed by atoms with E-state index in [-0.39, 0.29) is 9.63 Å². The van der Waals surface area contributed by atoms with E-state index in [1.807, 2.05) is 0 Å². The zero-order valence-corrected chi connectivity index (χ0v) is 13.6. The first-order valence-corrected chi connectivity index (χ1v) is 8.36. The van der Waals surface area contributed by atoms with Crippen LogP contribution in [-0.2, 0) is 17.1 Å². The lowest BCUT2D eigenvalue weighted by molar-refractivity contribution is 0.153. The van der Waals surface area contributed by atoms with Crippen LogP contribution in [-0.4, -0.2) is 64.8 Å². The second-order valence-corrected chi connectivity index (χ2v) is 7.45. The van der Waals surface area contributed by atoms with Gasteiger partial charge in [-0.05, 0) is 29.8 Å². The number of nitrogens with zero attached hydrogens (tertiary/aromatic N) is 5. The number of aromatic nitrogens is 3. The second kappa shape index (κ2) is 5.47. The number of halogens is 1. The largest absolute Gasteiger partial charge is 0.298 e. The number of rotatable bonds is 3. The first kappa shape index (κ1) is 14.9. The Labute approximate surface area is 121 Å². The highest BCUT2D eigenvalue weighted by Crippen LogP contribution is 2.23. The molecular formula is C10H18BrN5O2S. The molecule has 0 atom stereocenters. The number of piperazine rings is 1. The number of hydrogen-bond acceptors (Lipinski definition) is 5. The van der Waals surface area contributed by atoms with E-state index in [1.165, 1.54) is 8.99 Å². The Morgan fingerprint density at radius 1 is 1.21 bits per heavy atom. The summed E-state index contributed by atoms with van der Waals surface area (Å²) in [7, 11) is -1.95. The Kier molecular flexibility index (Phi) is 4.29. The summed E-state index contributed by atoms with van der Waals surface area (Å²) < 4.78 is 28.1. The van der Waals surface area contributed by atoms with Crippen LogP contribution in [0.1, 0.15) is 13.8 Å². The highest BCUT2D eigenvalue weighted by molar-refractivity contribution is 9.10. The first-order chi connectivity index (χ1) is 8.84. The van der Waals surface area contributed by atoms with Crippen molar-refractivity contribution >= 4 is 26.0 Å². The molecule has 19 heavy (non-hydrogen) atoms. The Balaban J connectivity index is 2.19. The van der Waals surface area contributed by atoms with Crippen molar-refractivity contribution in [1.29, 1.82) is 0 Å². The molecule has 108 valence electrons. The molecule has 0 N–H and O–H groups in total. The fourth-order valence-electron chi connectivity index (χ4n) is 2.18. The maximum absolute atomic E-state index is 12.5. The minimum atomic E-state index is -3.53. The van der Waals surface area contributed by atoms with Gasteiger partial charge in [-0.1, -0.05) is 5.21 Å². The van der Waals surface area contributed by atoms with Crippen LogP contribution < -0.4 is 0 Å². The van der Waals surface area contributed by atoms with Gasteiger partial charge in [0.15, 0.2) is 4.60 Å². The Morgan fingerprint density at radius 3 is 2.21 bits per heavy atom. The van der Waals surface area contributed by atoms with Crippen molar-refractivity contribution in [3.8, 4) is 0 Å². The van der Waals surface area contributed by atoms with Gasteiger partial charge < -0.3 is 0 Å². The summed E-state index contributed by atoms with van der Waals surface area (Å²) in [6, 6.07) is 0.440. The van der Waals surface area contributed by atoms with Gasteiger partial charge >= 0.3 is 0 Å². The summed E-state index contributed by atoms with van der Waals surface area (Å²) >= 11 is 3.14. The van der Waals surface area contributed by atoms with Crippen LogP contribution in [0.4, 0.5) is 0 Å². The molecule has 0 amide bonds. The fraction of sp³-hybridized carbons (Fsp3) is 0.800. The fourth-order valence-corrected chi connectivity index (χ4v) is 4.63. The molecule has 7 nitrogen and oxygen atoms in total. The normalized spacial score (nSPS) is 19.2. The Hall–Kier alpha value is -0.510. The molecule has 2 heterocycles. The highest BCUT2D eigenvalue weighted by Gasteiger charge is 2.33. The van der Waals surface area contributed by atoms with E-state index in [9.17, 15) is 8.42 Å². The third-order valence-electron chi connectivity index (χ3n) is 3.32. The van der Waals surface area contributed by atoms with Gasteiger partial charge in [-0.15, -0.1) is 5.10 Å². The first-order valence-electron chi connectivity index (χ1n) is 6.13. The molecule has 0 radical (unpaired) electrons. The summed E-state index contributed by atoms with van der Waals surface area (Å²) in [5.74, 6) is 0. The molecule has 0 saturated carbocycles. The third-order valence-corrected chi connectivity index (χ3v) is 6.11. The van der Waals surface area contributed by atoms with E-state index in [0.29, 0.717) is 19.1 Å². The van der Waals surface area contributed by atoms with Gasteiger partial charge in [-0.25, -0.2) is 13.1 Å². The molecule has 1 aliphatic heterocycles. The minimum Gasteiger partial charge on any atom is -0.298 e. The Bertz CT molecular complexity index is 529. The van der Waals surface area contributed by atoms with Gasteiger partial charge in [0.1, 0.15) is 0 Å². The van der Waals surface area contributed by atoms with E-state index in [2.05, 4.69) is 45.0 Å². The van der Waals surface area contributed by atoms with Gasteiger partial charge in [-0.3, -0.25) is 4.90 Å². The molecule has 0 aromatic carbocycles. The quantitative estimate of drug-likeness (QED) is 0.782. The average molecular weight is 352 g/mol. The molecule has 1 aromatic rings. The number of hydrogen-bond donors (Lipinski definition) is 0. The van der Waals surface area contributed by atoms with Crippen molar-refractivity contribution in [2.24, 2.45) is 7.05 Å². The topological polar surface area (TPSA) is 71.3 Å². The second-order valence-electron chi connectivity index (χ2n) is 4.84. The van der Waals surface area contributed by atoms with E-state index >= 15 is 0 Å². The smallest absolute Gasteiger partial charge is 0.263 e. The van der Waals surface area contributed by atoms with E-state index < -0.39 is 10.0 Å². The summed E-state index contributed by atoms with van der Waals surface area (Å²) in [4.78, 5) is 2.27. The molecule has 0 aliphatic carbocycles. The lowest BCUT2D eigenvalue weighted by Gasteiger charge is -2.36. The van der Waals surface area contributed by atoms with Crippen LogP contribution in [0.25, 0.3) is 0 Å². The van der Waals surface area contributed by atoms with Gasteiger partial charge in [0, 0.05) is 39.3 Å². The van der Waals surface area contributed by atoms with Crippen molar-refractivity contribution in [2.45, 2.75) is 24.9 Å². The van der Waals surface area contributed by atoms with Crippen molar-refractivity contribution < 1.29 is 8.42 Å². The predicted molar refractivity (Wildman–Crippen MR) is 74.2 cm³/mol. The van der Waals surface area contributed by atoms with E-state index in [1.54, 1.807) is 7.05 Å². The van der Waals surface area contributed by atoms with Crippen LogP contribution in [0.3, 0.4) is 0 Å². The van der Waals surface area contributed by atoms with Gasteiger partial charge in [0.05, 0.1) is 0 Å². The van der Waals surface area contributed by atoms with Crippen LogP contribution in [0.15, 0.2) is 9.63 Å². The Morgan fingerprint density at radius 2 is 1.79 bits per heavy atom. The van der Waals surface area contributed by atoms with Crippen LogP contribution in [0.2, 0.25) is 0 Å². The summed E-state index contributed by atoms with van der Waals surface area (Å²) in [6.45, 7) is 6.73. The molecule has 0 unspecified atom stereocenters. The van der Waals surface area contributed by atoms with Crippen molar-refractivity contribution in [3.05, 3.63) is 4.60 Å². The average Bonchev–Trinajstić information content (AvgIpc) is 2.69. The molecule has 9 heteroatoms. The maximum atomic E-state index is 12.5. The maximum Gasteiger partial charge on any atom is 0.263 e. The number of aryl methyl sites for hydroxylation is 1. The molecule has 1 fully saturated rings. The minimum absolute atomic E-state index is 0.116. The molecule has 0 bridgehead atoms. The van der Waals surface area contributed by atoms with Gasteiger partial charge in [0.25, 0.3) is 10.0 Å².